The van der Waals surface area contributed by atoms with E-state index in [4.69, 9.17) is 9.15 Å². The van der Waals surface area contributed by atoms with Gasteiger partial charge in [-0.05, 0) is 32.0 Å². The molecule has 0 aliphatic heterocycles. The van der Waals surface area contributed by atoms with Crippen LogP contribution in [0.4, 0.5) is 0 Å². The summed E-state index contributed by atoms with van der Waals surface area (Å²) in [6, 6.07) is 9.06. The Morgan fingerprint density at radius 3 is 2.50 bits per heavy atom. The zero-order valence-electron chi connectivity index (χ0n) is 10.2. The lowest BCUT2D eigenvalue weighted by molar-refractivity contribution is -0.257. The van der Waals surface area contributed by atoms with Crippen molar-refractivity contribution in [3.8, 4) is 5.75 Å². The molecular formula is C14H13O4-. The second kappa shape index (κ2) is 4.96. The molecule has 1 heterocycles. The summed E-state index contributed by atoms with van der Waals surface area (Å²) < 4.78 is 10.6. The van der Waals surface area contributed by atoms with Crippen LogP contribution >= 0.6 is 0 Å². The average Bonchev–Trinajstić information content (AvgIpc) is 2.70. The van der Waals surface area contributed by atoms with Crippen LogP contribution in [0.25, 0.3) is 0 Å². The van der Waals surface area contributed by atoms with E-state index < -0.39 is 5.97 Å². The molecule has 18 heavy (non-hydrogen) atoms. The topological polar surface area (TPSA) is 62.5 Å². The van der Waals surface area contributed by atoms with E-state index in [9.17, 15) is 9.90 Å². The Morgan fingerprint density at radius 1 is 1.28 bits per heavy atom. The van der Waals surface area contributed by atoms with E-state index in [1.807, 2.05) is 31.2 Å². The first-order valence-electron chi connectivity index (χ1n) is 5.56. The number of furan rings is 1. The van der Waals surface area contributed by atoms with Gasteiger partial charge in [0.15, 0.2) is 0 Å². The SMILES string of the molecule is Cc1ccc(OCc2cc(C(=O)[O-])oc2C)cc1. The van der Waals surface area contributed by atoms with Crippen molar-refractivity contribution in [1.82, 2.24) is 0 Å². The molecule has 0 bridgehead atoms. The minimum Gasteiger partial charge on any atom is -0.542 e. The number of carboxylic acid groups (broad SMARTS) is 1. The molecule has 2 rings (SSSR count). The summed E-state index contributed by atoms with van der Waals surface area (Å²) in [7, 11) is 0. The van der Waals surface area contributed by atoms with Gasteiger partial charge in [-0.25, -0.2) is 0 Å². The van der Waals surface area contributed by atoms with Gasteiger partial charge in [0.05, 0.1) is 0 Å². The summed E-state index contributed by atoms with van der Waals surface area (Å²) in [5.74, 6) is -0.229. The largest absolute Gasteiger partial charge is 0.542 e. The van der Waals surface area contributed by atoms with Crippen molar-refractivity contribution < 1.29 is 19.1 Å². The molecule has 94 valence electrons. The molecule has 0 unspecified atom stereocenters. The van der Waals surface area contributed by atoms with Crippen molar-refractivity contribution in [3.05, 3.63) is 53.0 Å². The predicted octanol–water partition coefficient (Wildman–Crippen LogP) is 1.84. The van der Waals surface area contributed by atoms with Gasteiger partial charge in [0, 0.05) is 5.56 Å². The van der Waals surface area contributed by atoms with Gasteiger partial charge in [-0.2, -0.15) is 0 Å². The normalized spacial score (nSPS) is 10.3. The number of hydrogen-bond donors (Lipinski definition) is 0. The number of aryl methyl sites for hydroxylation is 2. The van der Waals surface area contributed by atoms with Crippen LogP contribution in [0.3, 0.4) is 0 Å². The minimum absolute atomic E-state index is 0.171. The Hall–Kier alpha value is -2.23. The number of carboxylic acids is 1. The zero-order chi connectivity index (χ0) is 13.1. The van der Waals surface area contributed by atoms with Crippen LogP contribution in [0.2, 0.25) is 0 Å². The molecule has 1 aromatic carbocycles. The van der Waals surface area contributed by atoms with Gasteiger partial charge in [0.2, 0.25) is 0 Å². The van der Waals surface area contributed by atoms with Crippen molar-refractivity contribution in [2.45, 2.75) is 20.5 Å². The maximum atomic E-state index is 10.6. The first-order valence-corrected chi connectivity index (χ1v) is 5.56. The van der Waals surface area contributed by atoms with E-state index in [1.54, 1.807) is 6.92 Å². The Bertz CT molecular complexity index is 552. The monoisotopic (exact) mass is 245 g/mol. The standard InChI is InChI=1S/C14H14O4/c1-9-3-5-12(6-4-9)17-8-11-7-13(14(15)16)18-10(11)2/h3-7H,8H2,1-2H3,(H,15,16)/p-1. The highest BCUT2D eigenvalue weighted by Gasteiger charge is 2.08. The van der Waals surface area contributed by atoms with Gasteiger partial charge < -0.3 is 19.1 Å². The lowest BCUT2D eigenvalue weighted by Crippen LogP contribution is -2.21. The van der Waals surface area contributed by atoms with E-state index >= 15 is 0 Å². The van der Waals surface area contributed by atoms with Crippen molar-refractivity contribution in [2.24, 2.45) is 0 Å². The van der Waals surface area contributed by atoms with Gasteiger partial charge in [-0.15, -0.1) is 0 Å². The third-order valence-corrected chi connectivity index (χ3v) is 2.64. The first kappa shape index (κ1) is 12.2. The molecule has 0 atom stereocenters. The molecule has 4 nitrogen and oxygen atoms in total. The second-order valence-electron chi connectivity index (χ2n) is 4.08. The van der Waals surface area contributed by atoms with Crippen molar-refractivity contribution in [3.63, 3.8) is 0 Å². The molecule has 0 aliphatic rings. The summed E-state index contributed by atoms with van der Waals surface area (Å²) >= 11 is 0. The number of hydrogen-bond acceptors (Lipinski definition) is 4. The first-order chi connectivity index (χ1) is 8.56. The number of benzene rings is 1. The van der Waals surface area contributed by atoms with Crippen LogP contribution in [-0.2, 0) is 6.61 Å². The Kier molecular flexibility index (Phi) is 3.37. The number of carbonyl (C=O) groups is 1. The summed E-state index contributed by atoms with van der Waals surface area (Å²) in [5, 5.41) is 10.6. The molecule has 1 aromatic heterocycles. The van der Waals surface area contributed by atoms with Crippen LogP contribution in [0.1, 0.15) is 27.4 Å². The molecule has 0 fully saturated rings. The number of aromatic carboxylic acids is 1. The molecule has 2 aromatic rings. The van der Waals surface area contributed by atoms with Crippen LogP contribution in [0, 0.1) is 13.8 Å². The smallest absolute Gasteiger partial charge is 0.150 e. The maximum Gasteiger partial charge on any atom is 0.150 e. The van der Waals surface area contributed by atoms with Gasteiger partial charge in [-0.1, -0.05) is 17.7 Å². The molecule has 0 saturated heterocycles. The summed E-state index contributed by atoms with van der Waals surface area (Å²) in [5.41, 5.74) is 1.86. The van der Waals surface area contributed by atoms with E-state index in [0.29, 0.717) is 11.3 Å². The molecule has 0 saturated carbocycles. The highest BCUT2D eigenvalue weighted by Crippen LogP contribution is 2.18. The Labute approximate surface area is 105 Å². The summed E-state index contributed by atoms with van der Waals surface area (Å²) in [6.45, 7) is 3.96. The Balaban J connectivity index is 2.06. The molecule has 4 heteroatoms. The van der Waals surface area contributed by atoms with Crippen LogP contribution in [0.5, 0.6) is 5.75 Å². The van der Waals surface area contributed by atoms with E-state index in [2.05, 4.69) is 0 Å². The number of ether oxygens (including phenoxy) is 1. The quantitative estimate of drug-likeness (QED) is 0.824. The lowest BCUT2D eigenvalue weighted by atomic mass is 10.2. The molecule has 0 spiro atoms. The van der Waals surface area contributed by atoms with Crippen LogP contribution in [-0.4, -0.2) is 5.97 Å². The second-order valence-corrected chi connectivity index (χ2v) is 4.08. The lowest BCUT2D eigenvalue weighted by Gasteiger charge is -2.05. The summed E-state index contributed by atoms with van der Waals surface area (Å²) in [6.07, 6.45) is 0. The maximum absolute atomic E-state index is 10.6. The molecular weight excluding hydrogens is 232 g/mol. The molecule has 0 N–H and O–H groups in total. The van der Waals surface area contributed by atoms with E-state index in [0.717, 1.165) is 11.3 Å². The fraction of sp³-hybridized carbons (Fsp3) is 0.214. The van der Waals surface area contributed by atoms with E-state index in [1.165, 1.54) is 6.07 Å². The number of carbonyl (C=O) groups excluding carboxylic acids is 1. The van der Waals surface area contributed by atoms with Gasteiger partial charge in [0.1, 0.15) is 29.8 Å². The molecule has 0 aliphatic carbocycles. The highest BCUT2D eigenvalue weighted by molar-refractivity contribution is 5.82. The number of rotatable bonds is 4. The minimum atomic E-state index is -1.32. The van der Waals surface area contributed by atoms with E-state index in [-0.39, 0.29) is 12.4 Å². The summed E-state index contributed by atoms with van der Waals surface area (Å²) in [4.78, 5) is 10.6. The van der Waals surface area contributed by atoms with Crippen LogP contribution in [0.15, 0.2) is 34.7 Å². The fourth-order valence-electron chi connectivity index (χ4n) is 1.56. The van der Waals surface area contributed by atoms with Crippen LogP contribution < -0.4 is 9.84 Å². The Morgan fingerprint density at radius 2 is 1.94 bits per heavy atom. The van der Waals surface area contributed by atoms with Crippen molar-refractivity contribution in [1.29, 1.82) is 0 Å². The van der Waals surface area contributed by atoms with Crippen molar-refractivity contribution >= 4 is 5.97 Å². The highest BCUT2D eigenvalue weighted by atomic mass is 16.5. The fourth-order valence-corrected chi connectivity index (χ4v) is 1.56. The van der Waals surface area contributed by atoms with Gasteiger partial charge >= 0.3 is 0 Å². The third-order valence-electron chi connectivity index (χ3n) is 2.64. The zero-order valence-corrected chi connectivity index (χ0v) is 10.2. The van der Waals surface area contributed by atoms with Crippen molar-refractivity contribution in [2.75, 3.05) is 0 Å². The average molecular weight is 245 g/mol. The van der Waals surface area contributed by atoms with Gasteiger partial charge in [-0.3, -0.25) is 0 Å². The van der Waals surface area contributed by atoms with Gasteiger partial charge in [0.25, 0.3) is 0 Å². The predicted molar refractivity (Wildman–Crippen MR) is 63.3 cm³/mol. The third kappa shape index (κ3) is 2.71. The molecule has 0 radical (unpaired) electrons. The molecule has 0 amide bonds.